The highest BCUT2D eigenvalue weighted by molar-refractivity contribution is 6.42. The summed E-state index contributed by atoms with van der Waals surface area (Å²) in [5, 5.41) is 4.19. The van der Waals surface area contributed by atoms with E-state index >= 15 is 0 Å². The van der Waals surface area contributed by atoms with E-state index in [4.69, 9.17) is 28.9 Å². The van der Waals surface area contributed by atoms with Crippen molar-refractivity contribution < 1.29 is 0 Å². The fourth-order valence-corrected chi connectivity index (χ4v) is 1.84. The van der Waals surface area contributed by atoms with E-state index in [1.165, 1.54) is 5.56 Å². The molecule has 0 aliphatic carbocycles. The van der Waals surface area contributed by atoms with E-state index < -0.39 is 0 Å². The molecule has 2 aromatic rings. The molecule has 3 N–H and O–H groups in total. The van der Waals surface area contributed by atoms with Crippen molar-refractivity contribution in [3.05, 3.63) is 58.1 Å². The second-order valence-corrected chi connectivity index (χ2v) is 4.51. The molecular formula is C13H12Cl2N2. The molecule has 0 saturated carbocycles. The van der Waals surface area contributed by atoms with Crippen LogP contribution in [0.5, 0.6) is 0 Å². The lowest BCUT2D eigenvalue weighted by Crippen LogP contribution is -2.02. The van der Waals surface area contributed by atoms with Gasteiger partial charge in [-0.05, 0) is 17.7 Å². The van der Waals surface area contributed by atoms with Crippen molar-refractivity contribution in [3.8, 4) is 0 Å². The van der Waals surface area contributed by atoms with Crippen molar-refractivity contribution in [3.63, 3.8) is 0 Å². The largest absolute Gasteiger partial charge is 0.397 e. The summed E-state index contributed by atoms with van der Waals surface area (Å²) in [6.45, 7) is 0.697. The van der Waals surface area contributed by atoms with Gasteiger partial charge in [-0.25, -0.2) is 0 Å². The van der Waals surface area contributed by atoms with E-state index in [-0.39, 0.29) is 0 Å². The topological polar surface area (TPSA) is 38.0 Å². The predicted molar refractivity (Wildman–Crippen MR) is 74.6 cm³/mol. The number of halogens is 2. The summed E-state index contributed by atoms with van der Waals surface area (Å²) in [4.78, 5) is 0. The van der Waals surface area contributed by atoms with Gasteiger partial charge in [0, 0.05) is 6.54 Å². The Kier molecular flexibility index (Phi) is 3.77. The van der Waals surface area contributed by atoms with Crippen molar-refractivity contribution >= 4 is 34.6 Å². The lowest BCUT2D eigenvalue weighted by molar-refractivity contribution is 1.15. The number of hydrogen-bond donors (Lipinski definition) is 2. The van der Waals surface area contributed by atoms with E-state index in [0.717, 1.165) is 5.69 Å². The minimum absolute atomic E-state index is 0.467. The third-order valence-corrected chi connectivity index (χ3v) is 3.14. The van der Waals surface area contributed by atoms with Crippen molar-refractivity contribution in [2.24, 2.45) is 0 Å². The maximum Gasteiger partial charge on any atom is 0.0614 e. The monoisotopic (exact) mass is 266 g/mol. The van der Waals surface area contributed by atoms with Gasteiger partial charge in [0.25, 0.3) is 0 Å². The van der Waals surface area contributed by atoms with Crippen LogP contribution in [0.2, 0.25) is 10.0 Å². The molecule has 0 unspecified atom stereocenters. The van der Waals surface area contributed by atoms with Gasteiger partial charge in [0.1, 0.15) is 0 Å². The first kappa shape index (κ1) is 12.1. The minimum atomic E-state index is 0.467. The van der Waals surface area contributed by atoms with E-state index in [0.29, 0.717) is 22.3 Å². The molecule has 0 bridgehead atoms. The zero-order valence-electron chi connectivity index (χ0n) is 9.08. The van der Waals surface area contributed by atoms with Gasteiger partial charge in [0.2, 0.25) is 0 Å². The third-order valence-electron chi connectivity index (χ3n) is 2.42. The van der Waals surface area contributed by atoms with Crippen LogP contribution in [0.3, 0.4) is 0 Å². The van der Waals surface area contributed by atoms with Crippen LogP contribution in [0.15, 0.2) is 42.5 Å². The number of benzene rings is 2. The van der Waals surface area contributed by atoms with Gasteiger partial charge in [-0.1, -0.05) is 53.5 Å². The summed E-state index contributed by atoms with van der Waals surface area (Å²) in [5.74, 6) is 0. The summed E-state index contributed by atoms with van der Waals surface area (Å²) in [6, 6.07) is 13.4. The Morgan fingerprint density at radius 2 is 1.65 bits per heavy atom. The van der Waals surface area contributed by atoms with Gasteiger partial charge in [-0.3, -0.25) is 0 Å². The molecule has 0 atom stereocenters. The van der Waals surface area contributed by atoms with Gasteiger partial charge < -0.3 is 11.1 Å². The second kappa shape index (κ2) is 5.30. The van der Waals surface area contributed by atoms with Gasteiger partial charge in [-0.15, -0.1) is 0 Å². The summed E-state index contributed by atoms with van der Waals surface area (Å²) < 4.78 is 0. The van der Waals surface area contributed by atoms with Gasteiger partial charge in [0.05, 0.1) is 21.4 Å². The fraction of sp³-hybridized carbons (Fsp3) is 0.0769. The minimum Gasteiger partial charge on any atom is -0.397 e. The Morgan fingerprint density at radius 1 is 1.00 bits per heavy atom. The molecule has 88 valence electrons. The first-order valence-electron chi connectivity index (χ1n) is 5.19. The molecular weight excluding hydrogens is 255 g/mol. The summed E-state index contributed by atoms with van der Waals surface area (Å²) >= 11 is 11.8. The Bertz CT molecular complexity index is 512. The smallest absolute Gasteiger partial charge is 0.0614 e. The van der Waals surface area contributed by atoms with Gasteiger partial charge >= 0.3 is 0 Å². The van der Waals surface area contributed by atoms with Gasteiger partial charge in [0.15, 0.2) is 0 Å². The molecule has 2 aromatic carbocycles. The van der Waals surface area contributed by atoms with Crippen LogP contribution in [-0.4, -0.2) is 0 Å². The van der Waals surface area contributed by atoms with E-state index in [2.05, 4.69) is 5.32 Å². The van der Waals surface area contributed by atoms with Crippen LogP contribution >= 0.6 is 23.2 Å². The van der Waals surface area contributed by atoms with Crippen molar-refractivity contribution in [2.75, 3.05) is 11.1 Å². The van der Waals surface area contributed by atoms with E-state index in [9.17, 15) is 0 Å². The first-order valence-corrected chi connectivity index (χ1v) is 5.95. The number of anilines is 2. The number of nitrogens with one attached hydrogen (secondary N) is 1. The molecule has 0 saturated heterocycles. The van der Waals surface area contributed by atoms with Gasteiger partial charge in [-0.2, -0.15) is 0 Å². The highest BCUT2D eigenvalue weighted by atomic mass is 35.5. The molecule has 17 heavy (non-hydrogen) atoms. The van der Waals surface area contributed by atoms with Crippen LogP contribution < -0.4 is 11.1 Å². The zero-order chi connectivity index (χ0) is 12.3. The number of rotatable bonds is 3. The molecule has 0 fully saturated rings. The van der Waals surface area contributed by atoms with Crippen LogP contribution in [0, 0.1) is 0 Å². The average molecular weight is 267 g/mol. The molecule has 0 aliphatic heterocycles. The lowest BCUT2D eigenvalue weighted by Gasteiger charge is -2.10. The number of nitrogen functional groups attached to an aromatic ring is 1. The zero-order valence-corrected chi connectivity index (χ0v) is 10.6. The molecule has 0 aromatic heterocycles. The predicted octanol–water partition coefficient (Wildman–Crippen LogP) is 4.19. The summed E-state index contributed by atoms with van der Waals surface area (Å²) in [6.07, 6.45) is 0. The standard InChI is InChI=1S/C13H12Cl2N2/c14-10-6-12(16)13(7-11(10)15)17-8-9-4-2-1-3-5-9/h1-7,17H,8,16H2. The van der Waals surface area contributed by atoms with Crippen LogP contribution in [0.25, 0.3) is 0 Å². The van der Waals surface area contributed by atoms with Crippen molar-refractivity contribution in [1.82, 2.24) is 0 Å². The normalized spacial score (nSPS) is 10.2. The maximum absolute atomic E-state index is 5.94. The molecule has 2 rings (SSSR count). The molecule has 0 amide bonds. The van der Waals surface area contributed by atoms with Crippen molar-refractivity contribution in [2.45, 2.75) is 6.54 Å². The van der Waals surface area contributed by atoms with Crippen LogP contribution in [-0.2, 0) is 6.54 Å². The number of hydrogen-bond acceptors (Lipinski definition) is 2. The van der Waals surface area contributed by atoms with E-state index in [1.807, 2.05) is 30.3 Å². The quantitative estimate of drug-likeness (QED) is 0.818. The average Bonchev–Trinajstić information content (AvgIpc) is 2.33. The summed E-state index contributed by atoms with van der Waals surface area (Å²) in [7, 11) is 0. The number of nitrogens with two attached hydrogens (primary N) is 1. The highest BCUT2D eigenvalue weighted by Crippen LogP contribution is 2.30. The molecule has 0 aliphatic rings. The Morgan fingerprint density at radius 3 is 2.35 bits per heavy atom. The SMILES string of the molecule is Nc1cc(Cl)c(Cl)cc1NCc1ccccc1. The molecule has 0 heterocycles. The lowest BCUT2D eigenvalue weighted by atomic mass is 10.2. The summed E-state index contributed by atoms with van der Waals surface area (Å²) in [5.41, 5.74) is 8.42. The Labute approximate surface area is 110 Å². The first-order chi connectivity index (χ1) is 8.16. The molecule has 0 spiro atoms. The van der Waals surface area contributed by atoms with Crippen LogP contribution in [0.4, 0.5) is 11.4 Å². The maximum atomic E-state index is 5.94. The highest BCUT2D eigenvalue weighted by Gasteiger charge is 2.04. The molecule has 2 nitrogen and oxygen atoms in total. The fourth-order valence-electron chi connectivity index (χ4n) is 1.51. The third kappa shape index (κ3) is 3.05. The van der Waals surface area contributed by atoms with E-state index in [1.54, 1.807) is 12.1 Å². The van der Waals surface area contributed by atoms with Crippen molar-refractivity contribution in [1.29, 1.82) is 0 Å². The van der Waals surface area contributed by atoms with Crippen LogP contribution in [0.1, 0.15) is 5.56 Å². The molecule has 4 heteroatoms. The Hall–Kier alpha value is -1.38. The molecule has 0 radical (unpaired) electrons. The second-order valence-electron chi connectivity index (χ2n) is 3.69. The Balaban J connectivity index is 2.12.